The van der Waals surface area contributed by atoms with Crippen LogP contribution in [0, 0.1) is 0 Å². The monoisotopic (exact) mass is 463 g/mol. The fourth-order valence-corrected chi connectivity index (χ4v) is 4.73. The number of nitrogens with one attached hydrogen (secondary N) is 3. The second-order valence-electron chi connectivity index (χ2n) is 13.0. The van der Waals surface area contributed by atoms with Crippen molar-refractivity contribution < 1.29 is 4.79 Å². The van der Waals surface area contributed by atoms with Crippen LogP contribution in [0.4, 0.5) is 4.79 Å². The van der Waals surface area contributed by atoms with Gasteiger partial charge in [-0.15, -0.1) is 0 Å². The maximum absolute atomic E-state index is 12.4. The molecule has 0 unspecified atom stereocenters. The van der Waals surface area contributed by atoms with Crippen molar-refractivity contribution in [3.8, 4) is 0 Å². The molecule has 1 aliphatic heterocycles. The highest BCUT2D eigenvalue weighted by molar-refractivity contribution is 5.75. The molecule has 0 spiro atoms. The summed E-state index contributed by atoms with van der Waals surface area (Å²) in [6.07, 6.45) is 0.893. The van der Waals surface area contributed by atoms with Gasteiger partial charge in [0.2, 0.25) is 0 Å². The highest BCUT2D eigenvalue weighted by Crippen LogP contribution is 2.35. The molecule has 186 valence electrons. The number of rotatable bonds is 4. The van der Waals surface area contributed by atoms with E-state index in [1.807, 2.05) is 20.8 Å². The van der Waals surface area contributed by atoms with Gasteiger partial charge in [-0.25, -0.2) is 4.79 Å². The Kier molecular flexibility index (Phi) is 7.52. The highest BCUT2D eigenvalue weighted by Gasteiger charge is 2.34. The second-order valence-corrected chi connectivity index (χ2v) is 13.0. The van der Waals surface area contributed by atoms with Gasteiger partial charge in [0.1, 0.15) is 0 Å². The molecular weight excluding hydrogens is 418 g/mol. The van der Waals surface area contributed by atoms with Crippen LogP contribution in [0.15, 0.2) is 48.5 Å². The van der Waals surface area contributed by atoms with Crippen molar-refractivity contribution in [3.05, 3.63) is 70.8 Å². The molecule has 2 aromatic carbocycles. The molecule has 2 atom stereocenters. The lowest BCUT2D eigenvalue weighted by atomic mass is 9.80. The molecule has 1 aliphatic rings. The fraction of sp³-hybridized carbons (Fsp3) is 0.567. The van der Waals surface area contributed by atoms with Crippen LogP contribution in [-0.4, -0.2) is 30.2 Å². The van der Waals surface area contributed by atoms with Crippen LogP contribution in [0.3, 0.4) is 0 Å². The van der Waals surface area contributed by atoms with E-state index in [0.29, 0.717) is 0 Å². The predicted molar refractivity (Wildman–Crippen MR) is 144 cm³/mol. The lowest BCUT2D eigenvalue weighted by molar-refractivity contribution is 0.228. The number of hydrogen-bond acceptors (Lipinski definition) is 2. The van der Waals surface area contributed by atoms with Crippen LogP contribution in [0.2, 0.25) is 0 Å². The first kappa shape index (κ1) is 26.3. The number of carbonyl (C=O) groups excluding carboxylic acids is 1. The molecule has 0 saturated carbocycles. The summed E-state index contributed by atoms with van der Waals surface area (Å²) in [6, 6.07) is 18.5. The number of urea groups is 1. The summed E-state index contributed by atoms with van der Waals surface area (Å²) in [7, 11) is 0. The van der Waals surface area contributed by atoms with Gasteiger partial charge in [0.05, 0.1) is 0 Å². The standard InChI is InChI=1S/C30H45N3O/c1-28(2,3)22-14-10-20(11-15-22)26(21-12-16-23(17-13-21)29(4,5)6)25-18-24(19-31-25)32-27(34)33-30(7,8)9/h10-17,24-26,31H,18-19H2,1-9H3,(H2,32,33,34)/t24-,25-/m1/s1. The van der Waals surface area contributed by atoms with Crippen LogP contribution in [0.1, 0.15) is 96.9 Å². The Morgan fingerprint density at radius 3 is 1.62 bits per heavy atom. The molecule has 2 aromatic rings. The summed E-state index contributed by atoms with van der Waals surface area (Å²) in [5.74, 6) is 0.223. The van der Waals surface area contributed by atoms with Crippen molar-refractivity contribution in [1.29, 1.82) is 0 Å². The highest BCUT2D eigenvalue weighted by atomic mass is 16.2. The zero-order valence-electron chi connectivity index (χ0n) is 22.7. The Morgan fingerprint density at radius 2 is 1.24 bits per heavy atom. The SMILES string of the molecule is CC(C)(C)NC(=O)N[C@H]1CN[C@@H](C(c2ccc(C(C)(C)C)cc2)c2ccc(C(C)(C)C)cc2)C1. The Hall–Kier alpha value is -2.33. The fourth-order valence-electron chi connectivity index (χ4n) is 4.73. The smallest absolute Gasteiger partial charge is 0.315 e. The Bertz CT molecular complexity index is 899. The van der Waals surface area contributed by atoms with Gasteiger partial charge in [0.15, 0.2) is 0 Å². The van der Waals surface area contributed by atoms with E-state index in [9.17, 15) is 4.79 Å². The first-order valence-electron chi connectivity index (χ1n) is 12.7. The number of carbonyl (C=O) groups is 1. The van der Waals surface area contributed by atoms with Gasteiger partial charge >= 0.3 is 6.03 Å². The van der Waals surface area contributed by atoms with Crippen LogP contribution >= 0.6 is 0 Å². The van der Waals surface area contributed by atoms with Crippen molar-refractivity contribution >= 4 is 6.03 Å². The van der Waals surface area contributed by atoms with E-state index in [1.54, 1.807) is 0 Å². The molecule has 4 nitrogen and oxygen atoms in total. The third kappa shape index (κ3) is 6.85. The van der Waals surface area contributed by atoms with Crippen molar-refractivity contribution in [2.45, 2.75) is 103 Å². The molecule has 3 N–H and O–H groups in total. The number of benzene rings is 2. The topological polar surface area (TPSA) is 53.2 Å². The van der Waals surface area contributed by atoms with Crippen LogP contribution in [0.25, 0.3) is 0 Å². The van der Waals surface area contributed by atoms with Gasteiger partial charge in [-0.05, 0) is 60.3 Å². The van der Waals surface area contributed by atoms with Crippen LogP contribution in [-0.2, 0) is 10.8 Å². The third-order valence-corrected chi connectivity index (χ3v) is 6.66. The van der Waals surface area contributed by atoms with Crippen molar-refractivity contribution in [2.75, 3.05) is 6.54 Å². The molecule has 34 heavy (non-hydrogen) atoms. The number of amides is 2. The molecule has 0 bridgehead atoms. The van der Waals surface area contributed by atoms with Crippen molar-refractivity contribution in [2.24, 2.45) is 0 Å². The van der Waals surface area contributed by atoms with Crippen LogP contribution < -0.4 is 16.0 Å². The van der Waals surface area contributed by atoms with Gasteiger partial charge in [-0.3, -0.25) is 0 Å². The quantitative estimate of drug-likeness (QED) is 0.502. The second kappa shape index (κ2) is 9.73. The van der Waals surface area contributed by atoms with E-state index < -0.39 is 0 Å². The minimum absolute atomic E-state index is 0.0967. The summed E-state index contributed by atoms with van der Waals surface area (Å²) in [4.78, 5) is 12.4. The lowest BCUT2D eigenvalue weighted by Crippen LogP contribution is -2.50. The molecule has 0 aromatic heterocycles. The molecule has 1 heterocycles. The molecule has 0 aliphatic carbocycles. The molecule has 3 rings (SSSR count). The third-order valence-electron chi connectivity index (χ3n) is 6.66. The molecular formula is C30H45N3O. The zero-order chi connectivity index (χ0) is 25.3. The summed E-state index contributed by atoms with van der Waals surface area (Å²) < 4.78 is 0. The van der Waals surface area contributed by atoms with Gasteiger partial charge in [0, 0.05) is 30.1 Å². The Balaban J connectivity index is 1.86. The average Bonchev–Trinajstić information content (AvgIpc) is 3.14. The normalized spacial score (nSPS) is 19.4. The van der Waals surface area contributed by atoms with Crippen molar-refractivity contribution in [3.63, 3.8) is 0 Å². The maximum Gasteiger partial charge on any atom is 0.315 e. The van der Waals surface area contributed by atoms with Gasteiger partial charge in [-0.1, -0.05) is 90.1 Å². The van der Waals surface area contributed by atoms with E-state index in [0.717, 1.165) is 13.0 Å². The summed E-state index contributed by atoms with van der Waals surface area (Å²) in [5, 5.41) is 9.90. The molecule has 1 fully saturated rings. The first-order valence-corrected chi connectivity index (χ1v) is 12.7. The minimum Gasteiger partial charge on any atom is -0.334 e. The van der Waals surface area contributed by atoms with E-state index >= 15 is 0 Å². The first-order chi connectivity index (χ1) is 15.6. The average molecular weight is 464 g/mol. The van der Waals surface area contributed by atoms with E-state index in [2.05, 4.69) is 106 Å². The Morgan fingerprint density at radius 1 is 0.794 bits per heavy atom. The van der Waals surface area contributed by atoms with Gasteiger partial charge in [-0.2, -0.15) is 0 Å². The summed E-state index contributed by atoms with van der Waals surface area (Å²) >= 11 is 0. The maximum atomic E-state index is 12.4. The molecule has 1 saturated heterocycles. The minimum atomic E-state index is -0.248. The Labute approximate surface area is 207 Å². The summed E-state index contributed by atoms with van der Waals surface area (Å²) in [6.45, 7) is 20.3. The van der Waals surface area contributed by atoms with Gasteiger partial charge < -0.3 is 16.0 Å². The predicted octanol–water partition coefficient (Wildman–Crippen LogP) is 6.24. The molecule has 2 amide bonds. The largest absolute Gasteiger partial charge is 0.334 e. The van der Waals surface area contributed by atoms with Gasteiger partial charge in [0.25, 0.3) is 0 Å². The van der Waals surface area contributed by atoms with Crippen LogP contribution in [0.5, 0.6) is 0 Å². The number of hydrogen-bond donors (Lipinski definition) is 3. The summed E-state index contributed by atoms with van der Waals surface area (Å²) in [5.41, 5.74) is 5.32. The van der Waals surface area contributed by atoms with E-state index in [4.69, 9.17) is 0 Å². The van der Waals surface area contributed by atoms with E-state index in [-0.39, 0.29) is 40.4 Å². The zero-order valence-corrected chi connectivity index (χ0v) is 22.7. The lowest BCUT2D eigenvalue weighted by Gasteiger charge is -2.28. The molecule has 4 heteroatoms. The van der Waals surface area contributed by atoms with E-state index in [1.165, 1.54) is 22.3 Å². The molecule has 0 radical (unpaired) electrons. The van der Waals surface area contributed by atoms with Crippen molar-refractivity contribution in [1.82, 2.24) is 16.0 Å².